The largest absolute Gasteiger partial charge is 0.486 e. The summed E-state index contributed by atoms with van der Waals surface area (Å²) in [5.41, 5.74) is 1.81. The molecule has 0 bridgehead atoms. The van der Waals surface area contributed by atoms with Crippen molar-refractivity contribution in [2.75, 3.05) is 0 Å². The Hall–Kier alpha value is -1.68. The van der Waals surface area contributed by atoms with Crippen LogP contribution >= 0.6 is 11.3 Å². The van der Waals surface area contributed by atoms with Gasteiger partial charge in [-0.05, 0) is 24.3 Å². The Morgan fingerprint density at radius 2 is 1.95 bits per heavy atom. The van der Waals surface area contributed by atoms with Crippen LogP contribution in [-0.4, -0.2) is 11.3 Å². The topological polar surface area (TPSA) is 39.2 Å². The minimum atomic E-state index is 0.0698. The standard InChI is InChI=1S/C15H17NO2S/c1-15(2,3)13-10-19-14(16-13)9-18-12-6-4-11(8-17)5-7-12/h4-8,10H,9H2,1-3H3. The summed E-state index contributed by atoms with van der Waals surface area (Å²) in [5, 5.41) is 3.04. The second-order valence-electron chi connectivity index (χ2n) is 5.35. The van der Waals surface area contributed by atoms with Crippen LogP contribution in [0.25, 0.3) is 0 Å². The molecule has 1 heterocycles. The third-order valence-corrected chi connectivity index (χ3v) is 3.52. The molecule has 0 saturated heterocycles. The molecule has 0 unspecified atom stereocenters. The summed E-state index contributed by atoms with van der Waals surface area (Å²) in [6.45, 7) is 6.89. The van der Waals surface area contributed by atoms with Crippen LogP contribution in [-0.2, 0) is 12.0 Å². The van der Waals surface area contributed by atoms with Crippen LogP contribution in [0.5, 0.6) is 5.75 Å². The molecule has 3 nitrogen and oxygen atoms in total. The predicted molar refractivity (Wildman–Crippen MR) is 77.0 cm³/mol. The minimum absolute atomic E-state index is 0.0698. The molecule has 4 heteroatoms. The summed E-state index contributed by atoms with van der Waals surface area (Å²) in [7, 11) is 0. The van der Waals surface area contributed by atoms with Gasteiger partial charge in [0.15, 0.2) is 0 Å². The van der Waals surface area contributed by atoms with Gasteiger partial charge in [-0.15, -0.1) is 11.3 Å². The van der Waals surface area contributed by atoms with E-state index < -0.39 is 0 Å². The molecule has 0 aliphatic carbocycles. The highest BCUT2D eigenvalue weighted by Gasteiger charge is 2.17. The average Bonchev–Trinajstić information content (AvgIpc) is 2.86. The first-order valence-corrected chi connectivity index (χ1v) is 7.00. The lowest BCUT2D eigenvalue weighted by Gasteiger charge is -2.14. The molecular weight excluding hydrogens is 258 g/mol. The van der Waals surface area contributed by atoms with E-state index in [2.05, 4.69) is 31.1 Å². The third kappa shape index (κ3) is 3.64. The van der Waals surface area contributed by atoms with Gasteiger partial charge in [0.25, 0.3) is 0 Å². The zero-order chi connectivity index (χ0) is 13.9. The van der Waals surface area contributed by atoms with Gasteiger partial charge in [-0.3, -0.25) is 4.79 Å². The van der Waals surface area contributed by atoms with Gasteiger partial charge in [-0.1, -0.05) is 20.8 Å². The second kappa shape index (κ2) is 5.53. The van der Waals surface area contributed by atoms with E-state index in [-0.39, 0.29) is 5.41 Å². The molecule has 1 aromatic carbocycles. The van der Waals surface area contributed by atoms with E-state index in [1.807, 2.05) is 0 Å². The lowest BCUT2D eigenvalue weighted by Crippen LogP contribution is -2.11. The van der Waals surface area contributed by atoms with Gasteiger partial charge < -0.3 is 4.74 Å². The molecule has 0 aliphatic heterocycles. The van der Waals surface area contributed by atoms with Gasteiger partial charge >= 0.3 is 0 Å². The van der Waals surface area contributed by atoms with Crippen molar-refractivity contribution < 1.29 is 9.53 Å². The van der Waals surface area contributed by atoms with Gasteiger partial charge in [0.2, 0.25) is 0 Å². The molecule has 19 heavy (non-hydrogen) atoms. The maximum Gasteiger partial charge on any atom is 0.150 e. The monoisotopic (exact) mass is 275 g/mol. The summed E-state index contributed by atoms with van der Waals surface area (Å²) in [6.07, 6.45) is 0.820. The maximum absolute atomic E-state index is 10.5. The Kier molecular flexibility index (Phi) is 4.00. The molecule has 0 fully saturated rings. The van der Waals surface area contributed by atoms with Crippen molar-refractivity contribution in [3.05, 3.63) is 45.9 Å². The summed E-state index contributed by atoms with van der Waals surface area (Å²) in [6, 6.07) is 7.07. The molecule has 0 radical (unpaired) electrons. The predicted octanol–water partition coefficient (Wildman–Crippen LogP) is 3.83. The Bertz CT molecular complexity index is 552. The zero-order valence-corrected chi connectivity index (χ0v) is 12.2. The van der Waals surface area contributed by atoms with Crippen LogP contribution in [0.2, 0.25) is 0 Å². The summed E-state index contributed by atoms with van der Waals surface area (Å²) >= 11 is 1.61. The van der Waals surface area contributed by atoms with Gasteiger partial charge in [-0.2, -0.15) is 0 Å². The first-order chi connectivity index (χ1) is 8.99. The first kappa shape index (κ1) is 13.7. The SMILES string of the molecule is CC(C)(C)c1csc(COc2ccc(C=O)cc2)n1. The van der Waals surface area contributed by atoms with Crippen molar-refractivity contribution in [2.45, 2.75) is 32.8 Å². The number of aromatic nitrogens is 1. The maximum atomic E-state index is 10.5. The molecule has 0 N–H and O–H groups in total. The lowest BCUT2D eigenvalue weighted by atomic mass is 9.93. The normalized spacial score (nSPS) is 11.3. The number of carbonyl (C=O) groups is 1. The highest BCUT2D eigenvalue weighted by atomic mass is 32.1. The molecule has 0 amide bonds. The fourth-order valence-electron chi connectivity index (χ4n) is 1.51. The van der Waals surface area contributed by atoms with Crippen molar-refractivity contribution >= 4 is 17.6 Å². The van der Waals surface area contributed by atoms with E-state index in [0.29, 0.717) is 12.2 Å². The van der Waals surface area contributed by atoms with Crippen molar-refractivity contribution in [2.24, 2.45) is 0 Å². The fraction of sp³-hybridized carbons (Fsp3) is 0.333. The molecule has 0 atom stereocenters. The van der Waals surface area contributed by atoms with Crippen LogP contribution in [0.3, 0.4) is 0 Å². The highest BCUT2D eigenvalue weighted by molar-refractivity contribution is 7.09. The Labute approximate surface area is 117 Å². The minimum Gasteiger partial charge on any atom is -0.486 e. The summed E-state index contributed by atoms with van der Waals surface area (Å²) in [5.74, 6) is 0.748. The van der Waals surface area contributed by atoms with Crippen molar-refractivity contribution in [3.8, 4) is 5.75 Å². The van der Waals surface area contributed by atoms with E-state index in [4.69, 9.17) is 4.74 Å². The van der Waals surface area contributed by atoms with Crippen LogP contribution in [0, 0.1) is 0 Å². The number of carbonyl (C=O) groups excluding carboxylic acids is 1. The quantitative estimate of drug-likeness (QED) is 0.796. The molecule has 2 rings (SSSR count). The second-order valence-corrected chi connectivity index (χ2v) is 6.29. The van der Waals surface area contributed by atoms with Gasteiger partial charge in [0.05, 0.1) is 5.69 Å². The number of rotatable bonds is 4. The molecule has 0 spiro atoms. The number of thiazole rings is 1. The molecule has 1 aromatic heterocycles. The highest BCUT2D eigenvalue weighted by Crippen LogP contribution is 2.24. The van der Waals surface area contributed by atoms with Gasteiger partial charge in [0.1, 0.15) is 23.7 Å². The average molecular weight is 275 g/mol. The van der Waals surface area contributed by atoms with Crippen molar-refractivity contribution in [1.29, 1.82) is 0 Å². The van der Waals surface area contributed by atoms with Gasteiger partial charge in [-0.25, -0.2) is 4.98 Å². The van der Waals surface area contributed by atoms with Crippen LogP contribution in [0.15, 0.2) is 29.6 Å². The molecule has 100 valence electrons. The Morgan fingerprint density at radius 1 is 1.26 bits per heavy atom. The van der Waals surface area contributed by atoms with Crippen molar-refractivity contribution in [3.63, 3.8) is 0 Å². The smallest absolute Gasteiger partial charge is 0.150 e. The molecule has 0 aliphatic rings. The summed E-state index contributed by atoms with van der Waals surface area (Å²) in [4.78, 5) is 15.1. The van der Waals surface area contributed by atoms with Crippen LogP contribution in [0.1, 0.15) is 41.8 Å². The molecule has 0 saturated carbocycles. The third-order valence-electron chi connectivity index (χ3n) is 2.70. The van der Waals surface area contributed by atoms with E-state index >= 15 is 0 Å². The number of aldehydes is 1. The van der Waals surface area contributed by atoms with Crippen molar-refractivity contribution in [1.82, 2.24) is 4.98 Å². The Balaban J connectivity index is 1.98. The molecular formula is C15H17NO2S. The fourth-order valence-corrected chi connectivity index (χ4v) is 2.44. The van der Waals surface area contributed by atoms with Crippen LogP contribution in [0.4, 0.5) is 0 Å². The van der Waals surface area contributed by atoms with E-state index in [1.165, 1.54) is 0 Å². The zero-order valence-electron chi connectivity index (χ0n) is 11.3. The summed E-state index contributed by atoms with van der Waals surface area (Å²) < 4.78 is 5.65. The van der Waals surface area contributed by atoms with E-state index in [9.17, 15) is 4.79 Å². The Morgan fingerprint density at radius 3 is 2.47 bits per heavy atom. The number of nitrogens with zero attached hydrogens (tertiary/aromatic N) is 1. The first-order valence-electron chi connectivity index (χ1n) is 6.12. The number of hydrogen-bond donors (Lipinski definition) is 0. The van der Waals surface area contributed by atoms with E-state index in [0.717, 1.165) is 22.7 Å². The van der Waals surface area contributed by atoms with Gasteiger partial charge in [0, 0.05) is 16.4 Å². The number of hydrogen-bond acceptors (Lipinski definition) is 4. The number of benzene rings is 1. The van der Waals surface area contributed by atoms with E-state index in [1.54, 1.807) is 35.6 Å². The number of ether oxygens (including phenoxy) is 1. The molecule has 2 aromatic rings. The van der Waals surface area contributed by atoms with Crippen LogP contribution < -0.4 is 4.74 Å². The lowest BCUT2D eigenvalue weighted by molar-refractivity contribution is 0.112.